The fraction of sp³-hybridized carbons (Fsp3) is 0.533. The molecule has 2 rings (SSSR count). The highest BCUT2D eigenvalue weighted by Gasteiger charge is 2.27. The molecule has 0 saturated carbocycles. The first kappa shape index (κ1) is 16.0. The maximum atomic E-state index is 12.3. The Morgan fingerprint density at radius 1 is 1.33 bits per heavy atom. The predicted molar refractivity (Wildman–Crippen MR) is 82.6 cm³/mol. The molecule has 1 aromatic carbocycles. The Morgan fingerprint density at radius 3 is 2.67 bits per heavy atom. The minimum Gasteiger partial charge on any atom is -0.339 e. The molecule has 5 nitrogen and oxygen atoms in total. The largest absolute Gasteiger partial charge is 0.339 e. The summed E-state index contributed by atoms with van der Waals surface area (Å²) < 4.78 is 23.2. The minimum absolute atomic E-state index is 0.00375. The summed E-state index contributed by atoms with van der Waals surface area (Å²) in [6.07, 6.45) is 0.236. The van der Waals surface area contributed by atoms with Crippen LogP contribution in [0, 0.1) is 0 Å². The van der Waals surface area contributed by atoms with Crippen molar-refractivity contribution in [2.75, 3.05) is 24.6 Å². The molecule has 1 unspecified atom stereocenters. The molecule has 0 bridgehead atoms. The van der Waals surface area contributed by atoms with E-state index in [1.165, 1.54) is 0 Å². The van der Waals surface area contributed by atoms with E-state index in [0.29, 0.717) is 19.6 Å². The lowest BCUT2D eigenvalue weighted by Gasteiger charge is -2.27. The summed E-state index contributed by atoms with van der Waals surface area (Å²) in [5, 5.41) is 3.12. The highest BCUT2D eigenvalue weighted by Crippen LogP contribution is 2.10. The first-order valence-corrected chi connectivity index (χ1v) is 9.08. The van der Waals surface area contributed by atoms with E-state index < -0.39 is 9.84 Å². The van der Waals surface area contributed by atoms with Crippen molar-refractivity contribution in [3.8, 4) is 0 Å². The molecular weight excluding hydrogens is 288 g/mol. The van der Waals surface area contributed by atoms with Gasteiger partial charge in [0.25, 0.3) is 0 Å². The van der Waals surface area contributed by atoms with Crippen molar-refractivity contribution in [3.63, 3.8) is 0 Å². The van der Waals surface area contributed by atoms with Gasteiger partial charge in [-0.3, -0.25) is 4.79 Å². The number of rotatable bonds is 5. The van der Waals surface area contributed by atoms with E-state index in [-0.39, 0.29) is 29.9 Å². The van der Waals surface area contributed by atoms with Gasteiger partial charge >= 0.3 is 0 Å². The van der Waals surface area contributed by atoms with E-state index in [2.05, 4.69) is 5.32 Å². The zero-order chi connectivity index (χ0) is 15.3. The Kier molecular flexibility index (Phi) is 5.36. The van der Waals surface area contributed by atoms with Crippen LogP contribution >= 0.6 is 0 Å². The molecule has 6 heteroatoms. The third-order valence-corrected chi connectivity index (χ3v) is 5.41. The van der Waals surface area contributed by atoms with Gasteiger partial charge in [0, 0.05) is 32.1 Å². The van der Waals surface area contributed by atoms with E-state index in [0.717, 1.165) is 5.56 Å². The lowest BCUT2D eigenvalue weighted by atomic mass is 10.1. The molecule has 1 aromatic rings. The van der Waals surface area contributed by atoms with Crippen molar-refractivity contribution >= 4 is 15.7 Å². The van der Waals surface area contributed by atoms with Crippen LogP contribution in [0.3, 0.4) is 0 Å². The summed E-state index contributed by atoms with van der Waals surface area (Å²) in [6.45, 7) is 3.56. The number of nitrogens with zero attached hydrogens (tertiary/aromatic N) is 1. The predicted octanol–water partition coefficient (Wildman–Crippen LogP) is 0.812. The number of carbonyl (C=O) groups is 1. The first-order valence-electron chi connectivity index (χ1n) is 7.25. The Hall–Kier alpha value is -1.40. The number of amides is 1. The second-order valence-corrected chi connectivity index (χ2v) is 7.59. The third-order valence-electron chi connectivity index (χ3n) is 3.67. The van der Waals surface area contributed by atoms with E-state index in [1.54, 1.807) is 4.90 Å². The van der Waals surface area contributed by atoms with Gasteiger partial charge in [0.05, 0.1) is 11.5 Å². The number of hydrogen-bond acceptors (Lipinski definition) is 4. The maximum absolute atomic E-state index is 12.3. The van der Waals surface area contributed by atoms with Crippen LogP contribution in [0.5, 0.6) is 0 Å². The van der Waals surface area contributed by atoms with Gasteiger partial charge < -0.3 is 10.2 Å². The number of sulfone groups is 1. The molecular formula is C15H22N2O3S. The summed E-state index contributed by atoms with van der Waals surface area (Å²) in [6, 6.07) is 9.55. The topological polar surface area (TPSA) is 66.5 Å². The molecule has 0 radical (unpaired) electrons. The van der Waals surface area contributed by atoms with Gasteiger partial charge in [0.15, 0.2) is 9.84 Å². The Bertz CT molecular complexity index is 572. The van der Waals surface area contributed by atoms with E-state index in [4.69, 9.17) is 0 Å². The molecule has 1 aliphatic rings. The maximum Gasteiger partial charge on any atom is 0.224 e. The molecule has 0 spiro atoms. The van der Waals surface area contributed by atoms with Crippen LogP contribution in [0.2, 0.25) is 0 Å². The lowest BCUT2D eigenvalue weighted by molar-refractivity contribution is -0.132. The number of hydrogen-bond donors (Lipinski definition) is 1. The molecule has 21 heavy (non-hydrogen) atoms. The number of carbonyl (C=O) groups excluding carboxylic acids is 1. The van der Waals surface area contributed by atoms with Crippen molar-refractivity contribution in [1.82, 2.24) is 10.2 Å². The smallest absolute Gasteiger partial charge is 0.224 e. The quantitative estimate of drug-likeness (QED) is 0.874. The van der Waals surface area contributed by atoms with Crippen molar-refractivity contribution in [3.05, 3.63) is 35.9 Å². The van der Waals surface area contributed by atoms with Gasteiger partial charge in [-0.1, -0.05) is 30.3 Å². The van der Waals surface area contributed by atoms with Crippen LogP contribution in [0.1, 0.15) is 18.9 Å². The van der Waals surface area contributed by atoms with Gasteiger partial charge in [0.1, 0.15) is 0 Å². The lowest BCUT2D eigenvalue weighted by Crippen LogP contribution is -2.47. The van der Waals surface area contributed by atoms with E-state index in [1.807, 2.05) is 37.3 Å². The van der Waals surface area contributed by atoms with Crippen molar-refractivity contribution in [1.29, 1.82) is 0 Å². The molecule has 0 aliphatic carbocycles. The standard InChI is InChI=1S/C15H22N2O3S/c1-2-17(11-13-6-4-3-5-7-13)15(18)10-14-12-21(19,20)9-8-16-14/h3-7,14,16H,2,8-12H2,1H3. The molecule has 0 aromatic heterocycles. The summed E-state index contributed by atoms with van der Waals surface area (Å²) >= 11 is 0. The summed E-state index contributed by atoms with van der Waals surface area (Å²) in [4.78, 5) is 14.1. The monoisotopic (exact) mass is 310 g/mol. The molecule has 1 heterocycles. The first-order chi connectivity index (χ1) is 10.00. The summed E-state index contributed by atoms with van der Waals surface area (Å²) in [5.74, 6) is 0.219. The number of benzene rings is 1. The van der Waals surface area contributed by atoms with Crippen LogP contribution in [0.25, 0.3) is 0 Å². The average Bonchev–Trinajstić information content (AvgIpc) is 2.44. The third kappa shape index (κ3) is 4.82. The average molecular weight is 310 g/mol. The molecule has 1 N–H and O–H groups in total. The Balaban J connectivity index is 1.94. The molecule has 1 atom stereocenters. The zero-order valence-electron chi connectivity index (χ0n) is 12.3. The van der Waals surface area contributed by atoms with Crippen LogP contribution in [-0.2, 0) is 21.2 Å². The van der Waals surface area contributed by atoms with E-state index in [9.17, 15) is 13.2 Å². The van der Waals surface area contributed by atoms with Crippen LogP contribution in [-0.4, -0.2) is 49.9 Å². The highest BCUT2D eigenvalue weighted by molar-refractivity contribution is 7.91. The zero-order valence-corrected chi connectivity index (χ0v) is 13.1. The molecule has 116 valence electrons. The van der Waals surface area contributed by atoms with Crippen molar-refractivity contribution in [2.45, 2.75) is 25.9 Å². The molecule has 1 saturated heterocycles. The highest BCUT2D eigenvalue weighted by atomic mass is 32.2. The minimum atomic E-state index is -3.00. The Morgan fingerprint density at radius 2 is 2.05 bits per heavy atom. The van der Waals surface area contributed by atoms with Gasteiger partial charge in [-0.05, 0) is 12.5 Å². The second kappa shape index (κ2) is 7.04. The van der Waals surface area contributed by atoms with Gasteiger partial charge in [-0.25, -0.2) is 8.42 Å². The Labute approximate surface area is 126 Å². The number of nitrogens with one attached hydrogen (secondary N) is 1. The van der Waals surface area contributed by atoms with E-state index >= 15 is 0 Å². The second-order valence-electron chi connectivity index (χ2n) is 5.36. The molecule has 1 aliphatic heterocycles. The van der Waals surface area contributed by atoms with Crippen LogP contribution < -0.4 is 5.32 Å². The fourth-order valence-electron chi connectivity index (χ4n) is 2.52. The fourth-order valence-corrected chi connectivity index (χ4v) is 3.96. The van der Waals surface area contributed by atoms with Crippen molar-refractivity contribution < 1.29 is 13.2 Å². The SMILES string of the molecule is CCN(Cc1ccccc1)C(=O)CC1CS(=O)(=O)CCN1. The van der Waals surface area contributed by atoms with Gasteiger partial charge in [-0.15, -0.1) is 0 Å². The van der Waals surface area contributed by atoms with Crippen LogP contribution in [0.4, 0.5) is 0 Å². The summed E-state index contributed by atoms with van der Waals surface area (Å²) in [7, 11) is -3.00. The molecule has 1 fully saturated rings. The summed E-state index contributed by atoms with van der Waals surface area (Å²) in [5.41, 5.74) is 1.08. The molecule has 1 amide bonds. The van der Waals surface area contributed by atoms with Crippen molar-refractivity contribution in [2.24, 2.45) is 0 Å². The van der Waals surface area contributed by atoms with Crippen LogP contribution in [0.15, 0.2) is 30.3 Å². The normalized spacial score (nSPS) is 20.9. The van der Waals surface area contributed by atoms with Gasteiger partial charge in [0.2, 0.25) is 5.91 Å². The van der Waals surface area contributed by atoms with Gasteiger partial charge in [-0.2, -0.15) is 0 Å².